The van der Waals surface area contributed by atoms with Crippen molar-refractivity contribution in [1.82, 2.24) is 5.32 Å². The van der Waals surface area contributed by atoms with Crippen LogP contribution in [0.3, 0.4) is 0 Å². The van der Waals surface area contributed by atoms with Crippen LogP contribution in [0.5, 0.6) is 5.75 Å². The number of ether oxygens (including phenoxy) is 1. The second kappa shape index (κ2) is 6.02. The highest BCUT2D eigenvalue weighted by molar-refractivity contribution is 9.10. The number of imide groups is 1. The Balaban J connectivity index is 2.82. The normalized spacial score (nSPS) is 11.2. The molecule has 0 radical (unpaired) electrons. The molecular weight excluding hydrogens is 302 g/mol. The van der Waals surface area contributed by atoms with Gasteiger partial charge in [0.25, 0.3) is 5.91 Å². The summed E-state index contributed by atoms with van der Waals surface area (Å²) in [5, 5.41) is 10.8. The Kier molecular flexibility index (Phi) is 4.68. The predicted octanol–water partition coefficient (Wildman–Crippen LogP) is 1.28. The molecule has 3 amide bonds. The number of nitrogens with two attached hydrogens (primary N) is 1. The first-order valence-electron chi connectivity index (χ1n) is 4.90. The molecule has 94 valence electrons. The fourth-order valence-corrected chi connectivity index (χ4v) is 1.52. The molecule has 0 saturated carbocycles. The van der Waals surface area contributed by atoms with Gasteiger partial charge in [-0.3, -0.25) is 10.1 Å². The van der Waals surface area contributed by atoms with Crippen molar-refractivity contribution in [3.8, 4) is 11.8 Å². The van der Waals surface area contributed by atoms with Gasteiger partial charge in [0.15, 0.2) is 6.10 Å². The first-order chi connectivity index (χ1) is 8.43. The summed E-state index contributed by atoms with van der Waals surface area (Å²) < 4.78 is 6.01. The van der Waals surface area contributed by atoms with Crippen LogP contribution in [0, 0.1) is 11.3 Å². The van der Waals surface area contributed by atoms with Crippen LogP contribution in [0.2, 0.25) is 0 Å². The van der Waals surface area contributed by atoms with Gasteiger partial charge in [-0.25, -0.2) is 4.79 Å². The number of nitrogens with one attached hydrogen (secondary N) is 1. The van der Waals surface area contributed by atoms with E-state index in [2.05, 4.69) is 15.9 Å². The molecule has 3 N–H and O–H groups in total. The van der Waals surface area contributed by atoms with Crippen LogP contribution in [0.25, 0.3) is 0 Å². The van der Waals surface area contributed by atoms with E-state index >= 15 is 0 Å². The van der Waals surface area contributed by atoms with Gasteiger partial charge < -0.3 is 10.5 Å². The Morgan fingerprint density at radius 1 is 1.56 bits per heavy atom. The second-order valence-corrected chi connectivity index (χ2v) is 4.28. The smallest absolute Gasteiger partial charge is 0.318 e. The molecule has 1 atom stereocenters. The summed E-state index contributed by atoms with van der Waals surface area (Å²) in [6.45, 7) is 1.45. The quantitative estimate of drug-likeness (QED) is 0.877. The van der Waals surface area contributed by atoms with Crippen molar-refractivity contribution in [3.05, 3.63) is 28.2 Å². The second-order valence-electron chi connectivity index (χ2n) is 3.37. The van der Waals surface area contributed by atoms with Crippen molar-refractivity contribution < 1.29 is 14.3 Å². The highest BCUT2D eigenvalue weighted by Gasteiger charge is 2.17. The molecule has 0 bridgehead atoms. The number of rotatable bonds is 3. The number of primary amides is 1. The zero-order chi connectivity index (χ0) is 13.7. The SMILES string of the molecule is CC(Oc1ccc(Br)cc1C#N)C(=O)NC(N)=O. The van der Waals surface area contributed by atoms with Crippen molar-refractivity contribution in [2.75, 3.05) is 0 Å². The predicted molar refractivity (Wildman–Crippen MR) is 66.7 cm³/mol. The number of nitriles is 1. The molecule has 1 rings (SSSR count). The van der Waals surface area contributed by atoms with Crippen molar-refractivity contribution in [1.29, 1.82) is 5.26 Å². The number of carbonyl (C=O) groups is 2. The topological polar surface area (TPSA) is 105 Å². The van der Waals surface area contributed by atoms with Gasteiger partial charge >= 0.3 is 6.03 Å². The van der Waals surface area contributed by atoms with Gasteiger partial charge in [-0.15, -0.1) is 0 Å². The van der Waals surface area contributed by atoms with Gasteiger partial charge in [-0.05, 0) is 25.1 Å². The van der Waals surface area contributed by atoms with E-state index in [0.29, 0.717) is 0 Å². The van der Waals surface area contributed by atoms with E-state index in [-0.39, 0.29) is 11.3 Å². The average molecular weight is 312 g/mol. The molecule has 0 saturated heterocycles. The van der Waals surface area contributed by atoms with Gasteiger partial charge in [0.1, 0.15) is 11.8 Å². The number of hydrogen-bond donors (Lipinski definition) is 2. The van der Waals surface area contributed by atoms with E-state index in [1.807, 2.05) is 11.4 Å². The minimum absolute atomic E-state index is 0.257. The molecule has 6 nitrogen and oxygen atoms in total. The molecule has 0 aliphatic rings. The summed E-state index contributed by atoms with van der Waals surface area (Å²) in [7, 11) is 0. The summed E-state index contributed by atoms with van der Waals surface area (Å²) in [5.74, 6) is -0.415. The Morgan fingerprint density at radius 3 is 2.78 bits per heavy atom. The first kappa shape index (κ1) is 14.0. The average Bonchev–Trinajstić information content (AvgIpc) is 2.30. The molecular formula is C11H10BrN3O3. The summed E-state index contributed by atoms with van der Waals surface area (Å²) >= 11 is 3.22. The molecule has 0 heterocycles. The third-order valence-electron chi connectivity index (χ3n) is 1.98. The van der Waals surface area contributed by atoms with E-state index in [1.165, 1.54) is 6.92 Å². The van der Waals surface area contributed by atoms with Crippen molar-refractivity contribution in [2.24, 2.45) is 5.73 Å². The Bertz CT molecular complexity index is 525. The van der Waals surface area contributed by atoms with Crippen molar-refractivity contribution in [2.45, 2.75) is 13.0 Å². The summed E-state index contributed by atoms with van der Waals surface area (Å²) in [4.78, 5) is 21.9. The number of hydrogen-bond acceptors (Lipinski definition) is 4. The third-order valence-corrected chi connectivity index (χ3v) is 2.47. The first-order valence-corrected chi connectivity index (χ1v) is 5.70. The molecule has 0 aromatic heterocycles. The Labute approximate surface area is 112 Å². The molecule has 1 unspecified atom stereocenters. The van der Waals surface area contributed by atoms with Crippen LogP contribution in [-0.2, 0) is 4.79 Å². The highest BCUT2D eigenvalue weighted by atomic mass is 79.9. The van der Waals surface area contributed by atoms with Crippen LogP contribution in [0.15, 0.2) is 22.7 Å². The third kappa shape index (κ3) is 3.75. The van der Waals surface area contributed by atoms with Gasteiger partial charge in [0.2, 0.25) is 0 Å². The monoisotopic (exact) mass is 311 g/mol. The van der Waals surface area contributed by atoms with Crippen LogP contribution < -0.4 is 15.8 Å². The van der Waals surface area contributed by atoms with E-state index < -0.39 is 18.0 Å². The molecule has 0 aliphatic carbocycles. The van der Waals surface area contributed by atoms with E-state index in [0.717, 1.165) is 4.47 Å². The van der Waals surface area contributed by atoms with Crippen LogP contribution >= 0.6 is 15.9 Å². The molecule has 18 heavy (non-hydrogen) atoms. The summed E-state index contributed by atoms with van der Waals surface area (Å²) in [5.41, 5.74) is 5.10. The highest BCUT2D eigenvalue weighted by Crippen LogP contribution is 2.23. The maximum absolute atomic E-state index is 11.4. The lowest BCUT2D eigenvalue weighted by Crippen LogP contribution is -2.42. The molecule has 1 aromatic carbocycles. The lowest BCUT2D eigenvalue weighted by molar-refractivity contribution is -0.126. The molecule has 0 fully saturated rings. The maximum Gasteiger partial charge on any atom is 0.318 e. The molecule has 0 spiro atoms. The molecule has 1 aromatic rings. The van der Waals surface area contributed by atoms with Crippen LogP contribution in [0.1, 0.15) is 12.5 Å². The Hall–Kier alpha value is -2.07. The number of urea groups is 1. The summed E-state index contributed by atoms with van der Waals surface area (Å²) in [6.07, 6.45) is -0.939. The number of amides is 3. The minimum Gasteiger partial charge on any atom is -0.479 e. The number of nitrogens with zero attached hydrogens (tertiary/aromatic N) is 1. The zero-order valence-corrected chi connectivity index (χ0v) is 11.0. The van der Waals surface area contributed by atoms with E-state index in [9.17, 15) is 9.59 Å². The van der Waals surface area contributed by atoms with Gasteiger partial charge in [0.05, 0.1) is 5.56 Å². The lowest BCUT2D eigenvalue weighted by Gasteiger charge is -2.14. The van der Waals surface area contributed by atoms with Crippen LogP contribution in [0.4, 0.5) is 4.79 Å². The number of benzene rings is 1. The van der Waals surface area contributed by atoms with Gasteiger partial charge in [-0.1, -0.05) is 15.9 Å². The summed E-state index contributed by atoms with van der Waals surface area (Å²) in [6, 6.07) is 5.78. The molecule has 0 aliphatic heterocycles. The van der Waals surface area contributed by atoms with E-state index in [4.69, 9.17) is 15.7 Å². The fourth-order valence-electron chi connectivity index (χ4n) is 1.16. The van der Waals surface area contributed by atoms with E-state index in [1.54, 1.807) is 18.2 Å². The minimum atomic E-state index is -0.952. The maximum atomic E-state index is 11.4. The molecule has 7 heteroatoms. The standard InChI is InChI=1S/C11H10BrN3O3/c1-6(10(16)15-11(14)17)18-9-3-2-8(12)4-7(9)5-13/h2-4,6H,1H3,(H3,14,15,16,17). The lowest BCUT2D eigenvalue weighted by atomic mass is 10.2. The zero-order valence-electron chi connectivity index (χ0n) is 9.44. The Morgan fingerprint density at radius 2 is 2.22 bits per heavy atom. The van der Waals surface area contributed by atoms with Crippen molar-refractivity contribution >= 4 is 27.9 Å². The van der Waals surface area contributed by atoms with Crippen LogP contribution in [-0.4, -0.2) is 18.0 Å². The number of carbonyl (C=O) groups excluding carboxylic acids is 2. The number of halogens is 1. The fraction of sp³-hybridized carbons (Fsp3) is 0.182. The van der Waals surface area contributed by atoms with Gasteiger partial charge in [-0.2, -0.15) is 5.26 Å². The van der Waals surface area contributed by atoms with Crippen molar-refractivity contribution in [3.63, 3.8) is 0 Å². The van der Waals surface area contributed by atoms with Gasteiger partial charge in [0, 0.05) is 4.47 Å². The largest absolute Gasteiger partial charge is 0.479 e.